The quantitative estimate of drug-likeness (QED) is 0.734. The lowest BCUT2D eigenvalue weighted by molar-refractivity contribution is -0.117. The number of benzene rings is 1. The predicted octanol–water partition coefficient (Wildman–Crippen LogP) is 2.38. The van der Waals surface area contributed by atoms with E-state index in [4.69, 9.17) is 0 Å². The highest BCUT2D eigenvalue weighted by atomic mass is 16.2. The van der Waals surface area contributed by atoms with Gasteiger partial charge in [0.25, 0.3) is 0 Å². The summed E-state index contributed by atoms with van der Waals surface area (Å²) in [6.07, 6.45) is 5.50. The van der Waals surface area contributed by atoms with Gasteiger partial charge in [0.2, 0.25) is 11.6 Å². The van der Waals surface area contributed by atoms with Crippen LogP contribution in [0.2, 0.25) is 0 Å². The lowest BCUT2D eigenvalue weighted by Gasteiger charge is -2.31. The van der Waals surface area contributed by atoms with E-state index in [0.717, 1.165) is 36.3 Å². The first-order valence-electron chi connectivity index (χ1n) is 9.98. The Morgan fingerprint density at radius 1 is 1.31 bits per heavy atom. The first-order valence-corrected chi connectivity index (χ1v) is 9.98. The normalized spacial score (nSPS) is 16.9. The number of anilines is 2. The molecule has 1 saturated heterocycles. The van der Waals surface area contributed by atoms with Crippen molar-refractivity contribution < 1.29 is 4.79 Å². The molecule has 0 unspecified atom stereocenters. The Bertz CT molecular complexity index is 1120. The molecule has 0 aliphatic carbocycles. The lowest BCUT2D eigenvalue weighted by atomic mass is 10.0. The molecular formula is C21H26N6O2. The Labute approximate surface area is 169 Å². The van der Waals surface area contributed by atoms with E-state index >= 15 is 0 Å². The summed E-state index contributed by atoms with van der Waals surface area (Å²) in [6.45, 7) is 7.76. The number of nitrogens with zero attached hydrogens (tertiary/aromatic N) is 5. The zero-order valence-corrected chi connectivity index (χ0v) is 17.1. The first-order chi connectivity index (χ1) is 13.9. The SMILES string of the molecule is Cc1ccc(C)c(NC(=O)Cn2nc3c(N4CCC[C@@H](C)C4)nccn3c2=O)c1. The van der Waals surface area contributed by atoms with Crippen LogP contribution in [0.1, 0.15) is 30.9 Å². The monoisotopic (exact) mass is 394 g/mol. The Kier molecular flexibility index (Phi) is 5.08. The minimum Gasteiger partial charge on any atom is -0.353 e. The van der Waals surface area contributed by atoms with E-state index in [1.54, 1.807) is 12.4 Å². The van der Waals surface area contributed by atoms with Gasteiger partial charge in [0.05, 0.1) is 0 Å². The molecule has 0 bridgehead atoms. The number of aromatic nitrogens is 4. The van der Waals surface area contributed by atoms with Crippen LogP contribution in [0.4, 0.5) is 11.5 Å². The molecule has 1 N–H and O–H groups in total. The number of amides is 1. The summed E-state index contributed by atoms with van der Waals surface area (Å²) in [5.74, 6) is 0.984. The van der Waals surface area contributed by atoms with Gasteiger partial charge in [0, 0.05) is 31.2 Å². The highest BCUT2D eigenvalue weighted by Gasteiger charge is 2.22. The summed E-state index contributed by atoms with van der Waals surface area (Å²) in [7, 11) is 0. The van der Waals surface area contributed by atoms with Crippen molar-refractivity contribution in [2.45, 2.75) is 40.2 Å². The molecule has 4 rings (SSSR count). The van der Waals surface area contributed by atoms with E-state index in [0.29, 0.717) is 17.4 Å². The fourth-order valence-electron chi connectivity index (χ4n) is 3.84. The number of hydrogen-bond donors (Lipinski definition) is 1. The van der Waals surface area contributed by atoms with Gasteiger partial charge in [0.15, 0.2) is 5.82 Å². The molecule has 8 nitrogen and oxygen atoms in total. The second-order valence-electron chi connectivity index (χ2n) is 7.94. The standard InChI is InChI=1S/C21H26N6O2/c1-14-6-7-16(3)17(11-14)23-18(28)13-27-21(29)26-10-8-22-19(20(26)24-27)25-9-4-5-15(2)12-25/h6-8,10-11,15H,4-5,9,12-13H2,1-3H3,(H,23,28)/t15-/m1/s1. The maximum atomic E-state index is 12.8. The van der Waals surface area contributed by atoms with Crippen molar-refractivity contribution in [2.75, 3.05) is 23.3 Å². The summed E-state index contributed by atoms with van der Waals surface area (Å²) < 4.78 is 2.67. The number of carbonyl (C=O) groups is 1. The molecule has 2 aromatic heterocycles. The van der Waals surface area contributed by atoms with Gasteiger partial charge in [-0.25, -0.2) is 18.9 Å². The third-order valence-electron chi connectivity index (χ3n) is 5.40. The zero-order chi connectivity index (χ0) is 20.5. The number of rotatable bonds is 4. The summed E-state index contributed by atoms with van der Waals surface area (Å²) in [5.41, 5.74) is 2.92. The lowest BCUT2D eigenvalue weighted by Crippen LogP contribution is -2.35. The summed E-state index contributed by atoms with van der Waals surface area (Å²) in [6, 6.07) is 5.87. The maximum absolute atomic E-state index is 12.8. The Hall–Kier alpha value is -3.16. The molecular weight excluding hydrogens is 368 g/mol. The van der Waals surface area contributed by atoms with Gasteiger partial charge in [-0.2, -0.15) is 0 Å². The molecule has 1 fully saturated rings. The van der Waals surface area contributed by atoms with E-state index in [1.165, 1.54) is 15.5 Å². The third kappa shape index (κ3) is 3.87. The average Bonchev–Trinajstić information content (AvgIpc) is 3.00. The van der Waals surface area contributed by atoms with Crippen LogP contribution in [0.5, 0.6) is 0 Å². The van der Waals surface area contributed by atoms with Crippen molar-refractivity contribution >= 4 is 23.1 Å². The molecule has 1 aliphatic heterocycles. The molecule has 0 spiro atoms. The molecule has 8 heteroatoms. The number of piperidine rings is 1. The van der Waals surface area contributed by atoms with Crippen molar-refractivity contribution in [3.8, 4) is 0 Å². The molecule has 1 aliphatic rings. The van der Waals surface area contributed by atoms with Gasteiger partial charge in [-0.05, 0) is 49.8 Å². The van der Waals surface area contributed by atoms with Gasteiger partial charge < -0.3 is 10.2 Å². The van der Waals surface area contributed by atoms with Gasteiger partial charge in [-0.3, -0.25) is 4.79 Å². The number of fused-ring (bicyclic) bond motifs is 1. The fourth-order valence-corrected chi connectivity index (χ4v) is 3.84. The van der Waals surface area contributed by atoms with Crippen LogP contribution in [-0.2, 0) is 11.3 Å². The summed E-state index contributed by atoms with van der Waals surface area (Å²) in [4.78, 5) is 32.0. The van der Waals surface area contributed by atoms with Crippen molar-refractivity contribution in [3.05, 3.63) is 52.2 Å². The molecule has 1 aromatic carbocycles. The second kappa shape index (κ2) is 7.69. The molecule has 3 aromatic rings. The highest BCUT2D eigenvalue weighted by Crippen LogP contribution is 2.23. The van der Waals surface area contributed by atoms with Crippen molar-refractivity contribution in [2.24, 2.45) is 5.92 Å². The number of nitrogens with one attached hydrogen (secondary N) is 1. The zero-order valence-electron chi connectivity index (χ0n) is 17.1. The van der Waals surface area contributed by atoms with Gasteiger partial charge in [-0.15, -0.1) is 5.10 Å². The topological polar surface area (TPSA) is 84.5 Å². The number of aryl methyl sites for hydroxylation is 2. The van der Waals surface area contributed by atoms with Crippen LogP contribution < -0.4 is 15.9 Å². The minimum absolute atomic E-state index is 0.149. The molecule has 0 radical (unpaired) electrons. The van der Waals surface area contributed by atoms with E-state index < -0.39 is 0 Å². The van der Waals surface area contributed by atoms with Crippen LogP contribution >= 0.6 is 0 Å². The Morgan fingerprint density at radius 2 is 2.14 bits per heavy atom. The largest absolute Gasteiger partial charge is 0.353 e. The van der Waals surface area contributed by atoms with E-state index in [2.05, 4.69) is 27.2 Å². The summed E-state index contributed by atoms with van der Waals surface area (Å²) in [5, 5.41) is 7.32. The summed E-state index contributed by atoms with van der Waals surface area (Å²) >= 11 is 0. The van der Waals surface area contributed by atoms with Crippen LogP contribution in [0.3, 0.4) is 0 Å². The third-order valence-corrected chi connectivity index (χ3v) is 5.40. The van der Waals surface area contributed by atoms with Crippen molar-refractivity contribution in [1.82, 2.24) is 19.2 Å². The second-order valence-corrected chi connectivity index (χ2v) is 7.94. The van der Waals surface area contributed by atoms with Crippen molar-refractivity contribution in [3.63, 3.8) is 0 Å². The van der Waals surface area contributed by atoms with E-state index in [9.17, 15) is 9.59 Å². The Morgan fingerprint density at radius 3 is 2.93 bits per heavy atom. The van der Waals surface area contributed by atoms with Crippen LogP contribution in [0.15, 0.2) is 35.4 Å². The van der Waals surface area contributed by atoms with Crippen molar-refractivity contribution in [1.29, 1.82) is 0 Å². The molecule has 1 amide bonds. The van der Waals surface area contributed by atoms with Gasteiger partial charge >= 0.3 is 5.69 Å². The molecule has 1 atom stereocenters. The van der Waals surface area contributed by atoms with Gasteiger partial charge in [-0.1, -0.05) is 19.1 Å². The number of hydrogen-bond acceptors (Lipinski definition) is 5. The molecule has 0 saturated carbocycles. The van der Waals surface area contributed by atoms with Crippen LogP contribution in [0.25, 0.3) is 5.65 Å². The van der Waals surface area contributed by atoms with Crippen LogP contribution in [-0.4, -0.2) is 38.2 Å². The first kappa shape index (κ1) is 19.2. The molecule has 3 heterocycles. The smallest absolute Gasteiger partial charge is 0.350 e. The maximum Gasteiger partial charge on any atom is 0.350 e. The average molecular weight is 394 g/mol. The number of carbonyl (C=O) groups excluding carboxylic acids is 1. The minimum atomic E-state index is -0.343. The Balaban J connectivity index is 1.60. The highest BCUT2D eigenvalue weighted by molar-refractivity contribution is 5.91. The predicted molar refractivity (Wildman–Crippen MR) is 112 cm³/mol. The molecule has 152 valence electrons. The fraction of sp³-hybridized carbons (Fsp3) is 0.429. The molecule has 29 heavy (non-hydrogen) atoms. The van der Waals surface area contributed by atoms with E-state index in [1.807, 2.05) is 32.0 Å². The van der Waals surface area contributed by atoms with Gasteiger partial charge in [0.1, 0.15) is 6.54 Å². The van der Waals surface area contributed by atoms with Crippen LogP contribution in [0, 0.1) is 19.8 Å². The van der Waals surface area contributed by atoms with E-state index in [-0.39, 0.29) is 18.1 Å².